The average Bonchev–Trinajstić information content (AvgIpc) is 3.85. The lowest BCUT2D eigenvalue weighted by Gasteiger charge is -2.31. The maximum absolute atomic E-state index is 14.9. The second-order valence-corrected chi connectivity index (χ2v) is 14.9. The number of hydrogen-bond acceptors (Lipinski definition) is 16. The summed E-state index contributed by atoms with van der Waals surface area (Å²) in [5.74, 6) is 0.881. The summed E-state index contributed by atoms with van der Waals surface area (Å²) >= 11 is 0. The molecule has 0 amide bonds. The van der Waals surface area contributed by atoms with E-state index in [4.69, 9.17) is 38.5 Å². The molecule has 3 aromatic heterocycles. The van der Waals surface area contributed by atoms with Crippen LogP contribution in [0.25, 0.3) is 11.2 Å². The number of anilines is 1. The van der Waals surface area contributed by atoms with Crippen molar-refractivity contribution in [3.63, 3.8) is 0 Å². The molecule has 1 aromatic carbocycles. The fourth-order valence-electron chi connectivity index (χ4n) is 6.41. The van der Waals surface area contributed by atoms with Crippen LogP contribution < -0.4 is 32.0 Å². The third-order valence-electron chi connectivity index (χ3n) is 9.39. The smallest absolute Gasteiger partial charge is 0.408 e. The monoisotopic (exact) mass is 778 g/mol. The molecule has 4 unspecified atom stereocenters. The molecule has 21 nitrogen and oxygen atoms in total. The van der Waals surface area contributed by atoms with Gasteiger partial charge >= 0.3 is 13.4 Å². The van der Waals surface area contributed by atoms with Crippen molar-refractivity contribution < 1.29 is 47.5 Å². The quantitative estimate of drug-likeness (QED) is 0.0979. The van der Waals surface area contributed by atoms with Crippen LogP contribution in [0.3, 0.4) is 0 Å². The van der Waals surface area contributed by atoms with Crippen LogP contribution in [0.1, 0.15) is 30.0 Å². The van der Waals surface area contributed by atoms with Gasteiger partial charge in [-0.2, -0.15) is 4.98 Å². The van der Waals surface area contributed by atoms with Crippen LogP contribution in [0, 0.1) is 6.92 Å². The summed E-state index contributed by atoms with van der Waals surface area (Å²) in [4.78, 5) is 49.9. The number of H-pyrrole nitrogens is 2. The Morgan fingerprint density at radius 1 is 1.07 bits per heavy atom. The van der Waals surface area contributed by atoms with Gasteiger partial charge in [0.15, 0.2) is 28.9 Å². The van der Waals surface area contributed by atoms with Crippen LogP contribution in [-0.2, 0) is 34.2 Å². The van der Waals surface area contributed by atoms with E-state index >= 15 is 0 Å². The number of nitrogens with one attached hydrogen (secondary N) is 2. The maximum Gasteiger partial charge on any atom is 0.408 e. The minimum absolute atomic E-state index is 0.0133. The molecular weight excluding hydrogens is 735 g/mol. The summed E-state index contributed by atoms with van der Waals surface area (Å²) in [5, 5.41) is 21.6. The molecular formula is C32H43N8O13P. The number of nitrogens with zero attached hydrogens (tertiary/aromatic N) is 5. The first kappa shape index (κ1) is 39.3. The van der Waals surface area contributed by atoms with Crippen molar-refractivity contribution in [3.05, 3.63) is 73.0 Å². The van der Waals surface area contributed by atoms with Crippen molar-refractivity contribution in [2.24, 2.45) is 0 Å². The SMILES string of the molecule is COc1ccc(CCN(C)P(=O)(OC[C@H]2O[C@@H](n3cnc4c(=O)[nH]c(N)nc43)C(OC)C2O)OC2C[C@H](n3cc(C)c(=O)[nH]c3=O)O[C@@H]2CO)cc1OC. The standard InChI is InChI=1S/C32H43N8O13P/c1-16-12-39(32(45)37-28(16)43)23-11-20(21(13-41)51-23)53-54(46,38(2)9-8-17-6-7-18(47-3)19(10-17)48-4)50-14-22-25(42)26(49-5)30(52-22)40-15-34-24-27(40)35-31(33)36-29(24)44/h6-7,10,12,15,20-23,25-26,30,41-42H,8-9,11,13-14H2,1-5H3,(H,37,43,45)(H3,33,35,36,44)/t20?,21-,22-,23-,25?,26?,30-,54?/m1/s1. The summed E-state index contributed by atoms with van der Waals surface area (Å²) in [6.45, 7) is 0.620. The zero-order valence-electron chi connectivity index (χ0n) is 30.1. The number of benzene rings is 1. The van der Waals surface area contributed by atoms with E-state index in [1.807, 2.05) is 6.07 Å². The van der Waals surface area contributed by atoms with Crippen LogP contribution in [0.4, 0.5) is 5.95 Å². The predicted molar refractivity (Wildman–Crippen MR) is 189 cm³/mol. The van der Waals surface area contributed by atoms with Crippen molar-refractivity contribution in [2.75, 3.05) is 53.9 Å². The molecule has 8 atom stereocenters. The van der Waals surface area contributed by atoms with E-state index in [9.17, 15) is 29.2 Å². The molecule has 2 aliphatic rings. The fourth-order valence-corrected chi connectivity index (χ4v) is 8.07. The van der Waals surface area contributed by atoms with E-state index in [0.29, 0.717) is 17.9 Å². The highest BCUT2D eigenvalue weighted by atomic mass is 31.2. The van der Waals surface area contributed by atoms with Crippen molar-refractivity contribution in [2.45, 2.75) is 62.7 Å². The topological polar surface area (TPSA) is 270 Å². The number of ether oxygens (including phenoxy) is 5. The first-order valence-corrected chi connectivity index (χ1v) is 18.3. The zero-order chi connectivity index (χ0) is 38.9. The number of aliphatic hydroxyl groups excluding tert-OH is 2. The molecule has 2 fully saturated rings. The molecule has 54 heavy (non-hydrogen) atoms. The Morgan fingerprint density at radius 2 is 1.83 bits per heavy atom. The van der Waals surface area contributed by atoms with Gasteiger partial charge in [-0.15, -0.1) is 0 Å². The molecule has 0 aliphatic carbocycles. The van der Waals surface area contributed by atoms with Crippen LogP contribution >= 0.6 is 7.75 Å². The van der Waals surface area contributed by atoms with Gasteiger partial charge in [0.1, 0.15) is 36.7 Å². The highest BCUT2D eigenvalue weighted by Gasteiger charge is 2.49. The Morgan fingerprint density at radius 3 is 2.54 bits per heavy atom. The molecule has 294 valence electrons. The molecule has 6 N–H and O–H groups in total. The van der Waals surface area contributed by atoms with Crippen molar-refractivity contribution in [1.29, 1.82) is 0 Å². The van der Waals surface area contributed by atoms with Gasteiger partial charge in [0.25, 0.3) is 11.1 Å². The number of methoxy groups -OCH3 is 3. The number of likely N-dealkylation sites (N-methyl/N-ethyl adjacent to an activating group) is 1. The highest BCUT2D eigenvalue weighted by molar-refractivity contribution is 7.51. The zero-order valence-corrected chi connectivity index (χ0v) is 31.0. The molecule has 22 heteroatoms. The number of aromatic amines is 2. The van der Waals surface area contributed by atoms with Gasteiger partial charge < -0.3 is 39.6 Å². The van der Waals surface area contributed by atoms with Crippen LogP contribution in [0.15, 0.2) is 45.1 Å². The minimum Gasteiger partial charge on any atom is -0.493 e. The molecule has 0 saturated carbocycles. The molecule has 6 rings (SSSR count). The van der Waals surface area contributed by atoms with E-state index < -0.39 is 80.7 Å². The van der Waals surface area contributed by atoms with Crippen molar-refractivity contribution >= 4 is 24.9 Å². The van der Waals surface area contributed by atoms with E-state index in [1.54, 1.807) is 12.1 Å². The van der Waals surface area contributed by atoms with Gasteiger partial charge in [-0.25, -0.2) is 19.0 Å². The van der Waals surface area contributed by atoms with E-state index in [1.165, 1.54) is 61.6 Å². The molecule has 5 heterocycles. The summed E-state index contributed by atoms with van der Waals surface area (Å²) in [5.41, 5.74) is 5.05. The van der Waals surface area contributed by atoms with E-state index in [0.717, 1.165) is 5.56 Å². The number of imidazole rings is 1. The lowest BCUT2D eigenvalue weighted by molar-refractivity contribution is -0.0614. The predicted octanol–water partition coefficient (Wildman–Crippen LogP) is -0.185. The Hall–Kier alpha value is -4.44. The number of aromatic nitrogens is 6. The average molecular weight is 779 g/mol. The summed E-state index contributed by atoms with van der Waals surface area (Å²) in [7, 11) is 1.57. The van der Waals surface area contributed by atoms with Gasteiger partial charge in [0.05, 0.1) is 33.8 Å². The third kappa shape index (κ3) is 7.72. The number of aliphatic hydroxyl groups is 2. The number of nitrogen functional groups attached to an aromatic ring is 1. The fraction of sp³-hybridized carbons (Fsp3) is 0.531. The number of rotatable bonds is 15. The normalized spacial score (nSPS) is 25.4. The Labute approximate surface area is 307 Å². The molecule has 0 spiro atoms. The lowest BCUT2D eigenvalue weighted by Crippen LogP contribution is -2.36. The summed E-state index contributed by atoms with van der Waals surface area (Å²) < 4.78 is 59.5. The molecule has 0 radical (unpaired) electrons. The minimum atomic E-state index is -4.35. The number of fused-ring (bicyclic) bond motifs is 1. The van der Waals surface area contributed by atoms with Gasteiger partial charge in [-0.1, -0.05) is 6.07 Å². The Kier molecular flexibility index (Phi) is 11.7. The van der Waals surface area contributed by atoms with E-state index in [2.05, 4.69) is 19.9 Å². The van der Waals surface area contributed by atoms with Crippen molar-refractivity contribution in [1.82, 2.24) is 33.7 Å². The summed E-state index contributed by atoms with van der Waals surface area (Å²) in [6, 6.07) is 5.35. The highest BCUT2D eigenvalue weighted by Crippen LogP contribution is 2.55. The third-order valence-corrected chi connectivity index (χ3v) is 11.4. The molecule has 0 bridgehead atoms. The van der Waals surface area contributed by atoms with Crippen LogP contribution in [-0.4, -0.2) is 123 Å². The van der Waals surface area contributed by atoms with Gasteiger partial charge in [-0.3, -0.25) is 37.7 Å². The number of nitrogens with two attached hydrogens (primary N) is 1. The Bertz CT molecular complexity index is 2190. The lowest BCUT2D eigenvalue weighted by atomic mass is 10.1. The second kappa shape index (κ2) is 16.1. The largest absolute Gasteiger partial charge is 0.493 e. The molecule has 2 saturated heterocycles. The molecule has 4 aromatic rings. The number of aryl methyl sites for hydroxylation is 1. The van der Waals surface area contributed by atoms with Gasteiger partial charge in [0.2, 0.25) is 5.95 Å². The first-order valence-electron chi connectivity index (χ1n) is 16.8. The van der Waals surface area contributed by atoms with Gasteiger partial charge in [-0.05, 0) is 38.1 Å². The van der Waals surface area contributed by atoms with Crippen LogP contribution in [0.5, 0.6) is 11.5 Å². The maximum atomic E-state index is 14.9. The van der Waals surface area contributed by atoms with Gasteiger partial charge in [0, 0.05) is 31.8 Å². The Balaban J connectivity index is 1.25. The van der Waals surface area contributed by atoms with Crippen molar-refractivity contribution in [3.8, 4) is 11.5 Å². The number of hydrogen-bond donors (Lipinski definition) is 5. The second-order valence-electron chi connectivity index (χ2n) is 12.8. The first-order chi connectivity index (χ1) is 25.8. The van der Waals surface area contributed by atoms with E-state index in [-0.39, 0.29) is 35.6 Å². The summed E-state index contributed by atoms with van der Waals surface area (Å²) in [6.07, 6.45) is -4.69. The molecule has 2 aliphatic heterocycles. The van der Waals surface area contributed by atoms with Crippen LogP contribution in [0.2, 0.25) is 0 Å².